The first kappa shape index (κ1) is 13.5. The fourth-order valence-corrected chi connectivity index (χ4v) is 2.03. The topological polar surface area (TPSA) is 69.4 Å². The third kappa shape index (κ3) is 3.28. The molecule has 6 heteroatoms. The lowest BCUT2D eigenvalue weighted by molar-refractivity contribution is 0.0751. The molecule has 0 amide bonds. The van der Waals surface area contributed by atoms with Crippen molar-refractivity contribution in [2.45, 2.75) is 31.4 Å². The fraction of sp³-hybridized carbons (Fsp3) is 0.833. The molecule has 18 heavy (non-hydrogen) atoms. The zero-order valence-electron chi connectivity index (χ0n) is 11.2. The summed E-state index contributed by atoms with van der Waals surface area (Å²) < 4.78 is 15.8. The molecular formula is C12H21N3O3. The van der Waals surface area contributed by atoms with Gasteiger partial charge in [0.15, 0.2) is 0 Å². The highest BCUT2D eigenvalue weighted by molar-refractivity contribution is 4.99. The van der Waals surface area contributed by atoms with Crippen LogP contribution in [-0.2, 0) is 15.9 Å². The van der Waals surface area contributed by atoms with Gasteiger partial charge in [0.1, 0.15) is 6.10 Å². The summed E-state index contributed by atoms with van der Waals surface area (Å²) in [5.74, 6) is 1.85. The Kier molecular flexibility index (Phi) is 4.68. The van der Waals surface area contributed by atoms with Gasteiger partial charge in [-0.2, -0.15) is 4.98 Å². The Bertz CT molecular complexity index is 365. The molecule has 0 aliphatic heterocycles. The number of hydrogen-bond acceptors (Lipinski definition) is 6. The van der Waals surface area contributed by atoms with Crippen molar-refractivity contribution >= 4 is 0 Å². The van der Waals surface area contributed by atoms with Crippen molar-refractivity contribution in [2.75, 3.05) is 27.9 Å². The average molecular weight is 255 g/mol. The number of ether oxygens (including phenoxy) is 2. The van der Waals surface area contributed by atoms with Crippen LogP contribution in [0, 0.1) is 5.92 Å². The van der Waals surface area contributed by atoms with E-state index < -0.39 is 0 Å². The second-order valence-corrected chi connectivity index (χ2v) is 4.69. The molecule has 2 unspecified atom stereocenters. The molecule has 1 aromatic rings. The van der Waals surface area contributed by atoms with Crippen LogP contribution in [0.15, 0.2) is 4.52 Å². The van der Waals surface area contributed by atoms with E-state index in [1.807, 2.05) is 7.05 Å². The van der Waals surface area contributed by atoms with Gasteiger partial charge in [0.05, 0.1) is 6.61 Å². The van der Waals surface area contributed by atoms with Gasteiger partial charge >= 0.3 is 0 Å². The predicted octanol–water partition coefficient (Wildman–Crippen LogP) is 0.944. The minimum absolute atomic E-state index is 0.0158. The molecule has 0 spiro atoms. The van der Waals surface area contributed by atoms with Gasteiger partial charge in [-0.15, -0.1) is 0 Å². The fourth-order valence-electron chi connectivity index (χ4n) is 2.03. The molecule has 0 saturated heterocycles. The van der Waals surface area contributed by atoms with E-state index in [-0.39, 0.29) is 12.1 Å². The summed E-state index contributed by atoms with van der Waals surface area (Å²) >= 11 is 0. The molecule has 0 radical (unpaired) electrons. The van der Waals surface area contributed by atoms with Gasteiger partial charge in [0.2, 0.25) is 11.7 Å². The first-order valence-corrected chi connectivity index (χ1v) is 6.30. The molecule has 6 nitrogen and oxygen atoms in total. The van der Waals surface area contributed by atoms with Crippen LogP contribution < -0.4 is 5.32 Å². The Morgan fingerprint density at radius 3 is 2.78 bits per heavy atom. The molecular weight excluding hydrogens is 234 g/mol. The quantitative estimate of drug-likeness (QED) is 0.745. The molecule has 1 fully saturated rings. The summed E-state index contributed by atoms with van der Waals surface area (Å²) in [4.78, 5) is 4.41. The van der Waals surface area contributed by atoms with Crippen LogP contribution in [0.3, 0.4) is 0 Å². The number of methoxy groups -OCH3 is 2. The molecule has 1 aliphatic carbocycles. The molecule has 2 atom stereocenters. The molecule has 2 rings (SSSR count). The number of likely N-dealkylation sites (N-methyl/N-ethyl adjacent to an activating group) is 1. The lowest BCUT2D eigenvalue weighted by atomic mass is 10.2. The first-order valence-electron chi connectivity index (χ1n) is 6.30. The molecule has 0 aromatic carbocycles. The molecule has 1 heterocycles. The lowest BCUT2D eigenvalue weighted by Gasteiger charge is -2.12. The lowest BCUT2D eigenvalue weighted by Crippen LogP contribution is -2.32. The summed E-state index contributed by atoms with van der Waals surface area (Å²) in [5.41, 5.74) is 0. The second-order valence-electron chi connectivity index (χ2n) is 4.69. The van der Waals surface area contributed by atoms with Gasteiger partial charge in [-0.1, -0.05) is 5.16 Å². The molecule has 102 valence electrons. The van der Waals surface area contributed by atoms with Crippen LogP contribution in [0.25, 0.3) is 0 Å². The van der Waals surface area contributed by atoms with Gasteiger partial charge in [-0.05, 0) is 25.8 Å². The maximum atomic E-state index is 5.43. The van der Waals surface area contributed by atoms with Gasteiger partial charge in [-0.3, -0.25) is 0 Å². The van der Waals surface area contributed by atoms with Crippen LogP contribution in [0.1, 0.15) is 30.7 Å². The van der Waals surface area contributed by atoms with E-state index >= 15 is 0 Å². The number of rotatable bonds is 8. The Labute approximate surface area is 107 Å². The van der Waals surface area contributed by atoms with Crippen LogP contribution in [0.5, 0.6) is 0 Å². The zero-order valence-corrected chi connectivity index (χ0v) is 11.2. The Balaban J connectivity index is 1.96. The summed E-state index contributed by atoms with van der Waals surface area (Å²) in [7, 11) is 5.26. The van der Waals surface area contributed by atoms with Gasteiger partial charge in [0.25, 0.3) is 0 Å². The monoisotopic (exact) mass is 255 g/mol. The van der Waals surface area contributed by atoms with Gasteiger partial charge < -0.3 is 19.3 Å². The predicted molar refractivity (Wildman–Crippen MR) is 65.2 cm³/mol. The third-order valence-corrected chi connectivity index (χ3v) is 3.24. The highest BCUT2D eigenvalue weighted by atomic mass is 16.5. The van der Waals surface area contributed by atoms with Gasteiger partial charge in [0, 0.05) is 26.7 Å². The van der Waals surface area contributed by atoms with Crippen LogP contribution in [-0.4, -0.2) is 44.1 Å². The van der Waals surface area contributed by atoms with E-state index in [9.17, 15) is 0 Å². The van der Waals surface area contributed by atoms with Crippen molar-refractivity contribution in [1.29, 1.82) is 0 Å². The normalized spacial score (nSPS) is 18.8. The smallest absolute Gasteiger partial charge is 0.228 e. The molecule has 1 saturated carbocycles. The van der Waals surface area contributed by atoms with Gasteiger partial charge in [-0.25, -0.2) is 0 Å². The van der Waals surface area contributed by atoms with Crippen LogP contribution >= 0.6 is 0 Å². The molecule has 1 aliphatic rings. The zero-order chi connectivity index (χ0) is 13.0. The van der Waals surface area contributed by atoms with E-state index in [1.165, 1.54) is 12.8 Å². The van der Waals surface area contributed by atoms with Crippen molar-refractivity contribution in [3.63, 3.8) is 0 Å². The summed E-state index contributed by atoms with van der Waals surface area (Å²) in [6.07, 6.45) is 3.02. The van der Waals surface area contributed by atoms with Crippen molar-refractivity contribution in [1.82, 2.24) is 15.5 Å². The SMILES string of the molecule is CNC(COC)Cc1nc(C(OC)C2CC2)no1. The first-order chi connectivity index (χ1) is 8.78. The molecule has 1 N–H and O–H groups in total. The van der Waals surface area contributed by atoms with E-state index in [1.54, 1.807) is 14.2 Å². The molecule has 0 bridgehead atoms. The van der Waals surface area contributed by atoms with Crippen LogP contribution in [0.2, 0.25) is 0 Å². The van der Waals surface area contributed by atoms with E-state index in [0.717, 1.165) is 0 Å². The summed E-state index contributed by atoms with van der Waals surface area (Å²) in [6.45, 7) is 0.616. The highest BCUT2D eigenvalue weighted by Crippen LogP contribution is 2.41. The minimum Gasteiger partial charge on any atom is -0.383 e. The Morgan fingerprint density at radius 2 is 2.22 bits per heavy atom. The van der Waals surface area contributed by atoms with E-state index in [2.05, 4.69) is 15.5 Å². The standard InChI is InChI=1S/C12H21N3O3/c1-13-9(7-16-2)6-10-14-12(15-18-10)11(17-3)8-4-5-8/h8-9,11,13H,4-7H2,1-3H3. The second kappa shape index (κ2) is 6.26. The number of aromatic nitrogens is 2. The van der Waals surface area contributed by atoms with E-state index in [4.69, 9.17) is 14.0 Å². The number of hydrogen-bond donors (Lipinski definition) is 1. The van der Waals surface area contributed by atoms with Crippen LogP contribution in [0.4, 0.5) is 0 Å². The number of nitrogens with zero attached hydrogens (tertiary/aromatic N) is 2. The maximum absolute atomic E-state index is 5.43. The minimum atomic E-state index is -0.0158. The number of nitrogens with one attached hydrogen (secondary N) is 1. The largest absolute Gasteiger partial charge is 0.383 e. The van der Waals surface area contributed by atoms with Crippen molar-refractivity contribution in [3.8, 4) is 0 Å². The van der Waals surface area contributed by atoms with Crippen molar-refractivity contribution in [3.05, 3.63) is 11.7 Å². The highest BCUT2D eigenvalue weighted by Gasteiger charge is 2.35. The summed E-state index contributed by atoms with van der Waals surface area (Å²) in [5, 5.41) is 7.17. The van der Waals surface area contributed by atoms with E-state index in [0.29, 0.717) is 30.7 Å². The average Bonchev–Trinajstić information content (AvgIpc) is 3.10. The Morgan fingerprint density at radius 1 is 1.44 bits per heavy atom. The van der Waals surface area contributed by atoms with Crippen molar-refractivity contribution < 1.29 is 14.0 Å². The van der Waals surface area contributed by atoms with Crippen molar-refractivity contribution in [2.24, 2.45) is 5.92 Å². The maximum Gasteiger partial charge on any atom is 0.228 e. The molecule has 1 aromatic heterocycles. The summed E-state index contributed by atoms with van der Waals surface area (Å²) in [6, 6.07) is 0.185. The third-order valence-electron chi connectivity index (χ3n) is 3.24. The Hall–Kier alpha value is -0.980.